The molecule has 4 aromatic rings. The first-order valence-electron chi connectivity index (χ1n) is 14.8. The van der Waals surface area contributed by atoms with E-state index in [4.69, 9.17) is 4.74 Å². The maximum absolute atomic E-state index is 13.7. The predicted molar refractivity (Wildman–Crippen MR) is 166 cm³/mol. The molecule has 5 heteroatoms. The number of hydrogen-bond acceptors (Lipinski definition) is 3. The molecule has 1 aliphatic heterocycles. The third-order valence-corrected chi connectivity index (χ3v) is 8.35. The van der Waals surface area contributed by atoms with Crippen molar-refractivity contribution in [2.45, 2.75) is 51.0 Å². The van der Waals surface area contributed by atoms with Crippen LogP contribution in [0.3, 0.4) is 0 Å². The van der Waals surface area contributed by atoms with Crippen LogP contribution in [-0.2, 0) is 24.1 Å². The lowest BCUT2D eigenvalue weighted by Crippen LogP contribution is -2.26. The average molecular weight is 558 g/mol. The van der Waals surface area contributed by atoms with Gasteiger partial charge in [0, 0.05) is 18.0 Å². The van der Waals surface area contributed by atoms with Crippen molar-refractivity contribution in [1.29, 1.82) is 0 Å². The van der Waals surface area contributed by atoms with E-state index in [1.165, 1.54) is 29.5 Å². The molecule has 5 nitrogen and oxygen atoms in total. The lowest BCUT2D eigenvalue weighted by atomic mass is 9.89. The van der Waals surface area contributed by atoms with Gasteiger partial charge in [-0.2, -0.15) is 0 Å². The normalized spacial score (nSPS) is 16.6. The van der Waals surface area contributed by atoms with E-state index in [0.29, 0.717) is 12.8 Å². The Kier molecular flexibility index (Phi) is 8.18. The molecule has 1 amide bonds. The van der Waals surface area contributed by atoms with E-state index < -0.39 is 5.97 Å². The fourth-order valence-electron chi connectivity index (χ4n) is 5.96. The molecule has 2 N–H and O–H groups in total. The molecular weight excluding hydrogens is 522 g/mol. The number of fused-ring (bicyclic) bond motifs is 1. The molecule has 0 saturated heterocycles. The fourth-order valence-corrected chi connectivity index (χ4v) is 5.96. The van der Waals surface area contributed by atoms with E-state index in [1.54, 1.807) is 24.3 Å². The number of carboxylic acid groups (broad SMARTS) is 1. The number of amides is 1. The Bertz CT molecular complexity index is 1560. The van der Waals surface area contributed by atoms with Crippen molar-refractivity contribution in [1.82, 2.24) is 0 Å². The Morgan fingerprint density at radius 1 is 0.833 bits per heavy atom. The van der Waals surface area contributed by atoms with Crippen molar-refractivity contribution >= 4 is 23.1 Å². The summed E-state index contributed by atoms with van der Waals surface area (Å²) >= 11 is 0. The second-order valence-corrected chi connectivity index (χ2v) is 11.3. The van der Waals surface area contributed by atoms with Crippen LogP contribution in [0, 0.1) is 5.92 Å². The number of para-hydroxylation sites is 1. The van der Waals surface area contributed by atoms with Crippen LogP contribution in [-0.4, -0.2) is 17.0 Å². The van der Waals surface area contributed by atoms with E-state index in [2.05, 4.69) is 41.7 Å². The summed E-state index contributed by atoms with van der Waals surface area (Å²) in [6.45, 7) is 0. The molecule has 0 aromatic heterocycles. The van der Waals surface area contributed by atoms with Gasteiger partial charge in [-0.3, -0.25) is 4.79 Å². The minimum Gasteiger partial charge on any atom is -0.485 e. The van der Waals surface area contributed by atoms with Crippen molar-refractivity contribution < 1.29 is 19.4 Å². The number of carbonyl (C=O) groups excluding carboxylic acids is 1. The van der Waals surface area contributed by atoms with Crippen molar-refractivity contribution in [3.8, 4) is 5.75 Å². The Labute approximate surface area is 246 Å². The highest BCUT2D eigenvalue weighted by molar-refractivity contribution is 5.93. The molecule has 212 valence electrons. The molecule has 0 saturated carbocycles. The predicted octanol–water partition coefficient (Wildman–Crippen LogP) is 8.06. The Morgan fingerprint density at radius 2 is 1.52 bits per heavy atom. The molecule has 6 rings (SSSR count). The molecule has 0 bridgehead atoms. The van der Waals surface area contributed by atoms with Gasteiger partial charge in [-0.05, 0) is 102 Å². The van der Waals surface area contributed by atoms with Crippen LogP contribution >= 0.6 is 0 Å². The number of allylic oxidation sites excluding steroid dienone is 2. The summed E-state index contributed by atoms with van der Waals surface area (Å²) in [6.07, 6.45) is 9.00. The summed E-state index contributed by atoms with van der Waals surface area (Å²) in [4.78, 5) is 25.0. The van der Waals surface area contributed by atoms with Gasteiger partial charge in [0.15, 0.2) is 0 Å². The quantitative estimate of drug-likeness (QED) is 0.218. The largest absolute Gasteiger partial charge is 0.485 e. The first kappa shape index (κ1) is 27.5. The SMILES string of the molecule is O=C(O)c1ccc(CC(Cc2ccc(C3=CCCCC3)cc2)C(=O)Nc2ccc(C3Cc4ccccc4O3)cc2)cc1. The Hall–Kier alpha value is -4.64. The zero-order valence-corrected chi connectivity index (χ0v) is 23.6. The second-order valence-electron chi connectivity index (χ2n) is 11.3. The molecule has 4 aromatic carbocycles. The lowest BCUT2D eigenvalue weighted by Gasteiger charge is -2.19. The van der Waals surface area contributed by atoms with E-state index in [9.17, 15) is 14.7 Å². The lowest BCUT2D eigenvalue weighted by molar-refractivity contribution is -0.119. The van der Waals surface area contributed by atoms with Gasteiger partial charge in [-0.25, -0.2) is 4.79 Å². The number of anilines is 1. The number of carboxylic acids is 1. The minimum absolute atomic E-state index is 0.0268. The number of benzene rings is 4. The minimum atomic E-state index is -0.959. The van der Waals surface area contributed by atoms with Crippen LogP contribution in [0.25, 0.3) is 5.57 Å². The van der Waals surface area contributed by atoms with Crippen LogP contribution in [0.4, 0.5) is 5.69 Å². The second kappa shape index (κ2) is 12.5. The maximum Gasteiger partial charge on any atom is 0.335 e. The van der Waals surface area contributed by atoms with Gasteiger partial charge in [0.05, 0.1) is 5.56 Å². The van der Waals surface area contributed by atoms with Crippen LogP contribution in [0.1, 0.15) is 70.0 Å². The van der Waals surface area contributed by atoms with Crippen molar-refractivity contribution in [3.05, 3.63) is 137 Å². The first-order chi connectivity index (χ1) is 20.5. The summed E-state index contributed by atoms with van der Waals surface area (Å²) < 4.78 is 6.13. The first-order valence-corrected chi connectivity index (χ1v) is 14.8. The number of ether oxygens (including phenoxy) is 1. The van der Waals surface area contributed by atoms with Crippen LogP contribution in [0.15, 0.2) is 103 Å². The maximum atomic E-state index is 13.7. The van der Waals surface area contributed by atoms with Gasteiger partial charge in [0.2, 0.25) is 5.91 Å². The van der Waals surface area contributed by atoms with Gasteiger partial charge in [-0.15, -0.1) is 0 Å². The van der Waals surface area contributed by atoms with E-state index in [-0.39, 0.29) is 23.5 Å². The van der Waals surface area contributed by atoms with Crippen molar-refractivity contribution in [2.24, 2.45) is 5.92 Å². The van der Waals surface area contributed by atoms with E-state index >= 15 is 0 Å². The molecule has 2 atom stereocenters. The molecule has 2 unspecified atom stereocenters. The van der Waals surface area contributed by atoms with Gasteiger partial charge in [0.25, 0.3) is 0 Å². The van der Waals surface area contributed by atoms with E-state index in [0.717, 1.165) is 47.4 Å². The third kappa shape index (κ3) is 6.46. The molecule has 0 radical (unpaired) electrons. The number of hydrogen-bond donors (Lipinski definition) is 2. The number of carbonyl (C=O) groups is 2. The summed E-state index contributed by atoms with van der Waals surface area (Å²) in [5, 5.41) is 12.4. The highest BCUT2D eigenvalue weighted by Crippen LogP contribution is 2.36. The monoisotopic (exact) mass is 557 g/mol. The molecule has 1 heterocycles. The molecule has 42 heavy (non-hydrogen) atoms. The highest BCUT2D eigenvalue weighted by atomic mass is 16.5. The smallest absolute Gasteiger partial charge is 0.335 e. The zero-order chi connectivity index (χ0) is 28.9. The van der Waals surface area contributed by atoms with Crippen molar-refractivity contribution in [3.63, 3.8) is 0 Å². The van der Waals surface area contributed by atoms with Crippen LogP contribution in [0.2, 0.25) is 0 Å². The average Bonchev–Trinajstić information content (AvgIpc) is 3.47. The standard InChI is InChI=1S/C37H35NO4/c39-36(38-33-20-18-29(19-21-33)35-24-31-8-4-5-9-34(31)42-35)32(23-26-12-16-30(17-13-26)37(40)41)22-25-10-14-28(15-11-25)27-6-2-1-3-7-27/h4-6,8-21,32,35H,1-3,7,22-24H2,(H,38,39)(H,40,41). The van der Waals surface area contributed by atoms with Crippen LogP contribution < -0.4 is 10.1 Å². The zero-order valence-electron chi connectivity index (χ0n) is 23.6. The highest BCUT2D eigenvalue weighted by Gasteiger charge is 2.24. The van der Waals surface area contributed by atoms with Gasteiger partial charge >= 0.3 is 5.97 Å². The molecule has 1 aliphatic carbocycles. The fraction of sp³-hybridized carbons (Fsp3) is 0.243. The summed E-state index contributed by atoms with van der Waals surface area (Å²) in [6, 6.07) is 31.4. The molecule has 0 fully saturated rings. The molecule has 0 spiro atoms. The molecule has 2 aliphatic rings. The van der Waals surface area contributed by atoms with Crippen LogP contribution in [0.5, 0.6) is 5.75 Å². The Balaban J connectivity index is 1.16. The summed E-state index contributed by atoms with van der Waals surface area (Å²) in [5.41, 5.74) is 7.97. The van der Waals surface area contributed by atoms with E-state index in [1.807, 2.05) is 42.5 Å². The summed E-state index contributed by atoms with van der Waals surface area (Å²) in [5.74, 6) is -0.414. The Morgan fingerprint density at radius 3 is 2.17 bits per heavy atom. The molecular formula is C37H35NO4. The summed E-state index contributed by atoms with van der Waals surface area (Å²) in [7, 11) is 0. The third-order valence-electron chi connectivity index (χ3n) is 8.35. The van der Waals surface area contributed by atoms with Crippen molar-refractivity contribution in [2.75, 3.05) is 5.32 Å². The number of aromatic carboxylic acids is 1. The number of rotatable bonds is 9. The van der Waals surface area contributed by atoms with Gasteiger partial charge < -0.3 is 15.2 Å². The number of nitrogens with one attached hydrogen (secondary N) is 1. The topological polar surface area (TPSA) is 75.6 Å². The van der Waals surface area contributed by atoms with Gasteiger partial charge in [-0.1, -0.05) is 72.8 Å². The van der Waals surface area contributed by atoms with Gasteiger partial charge in [0.1, 0.15) is 11.9 Å².